The molecule has 1 aromatic carbocycles. The van der Waals surface area contributed by atoms with Crippen molar-refractivity contribution in [3.8, 4) is 5.75 Å². The second-order valence-electron chi connectivity index (χ2n) is 9.59. The maximum atomic E-state index is 12.7. The molecule has 1 aliphatic rings. The van der Waals surface area contributed by atoms with Crippen LogP contribution in [0.5, 0.6) is 5.75 Å². The van der Waals surface area contributed by atoms with Crippen LogP contribution in [0.25, 0.3) is 10.9 Å². The van der Waals surface area contributed by atoms with Gasteiger partial charge in [-0.15, -0.1) is 0 Å². The third-order valence-electron chi connectivity index (χ3n) is 6.35. The number of benzene rings is 1. The van der Waals surface area contributed by atoms with E-state index in [1.807, 2.05) is 27.7 Å². The first-order valence-electron chi connectivity index (χ1n) is 12.2. The van der Waals surface area contributed by atoms with Gasteiger partial charge in [0.15, 0.2) is 6.61 Å². The number of rotatable bonds is 10. The van der Waals surface area contributed by atoms with E-state index in [4.69, 9.17) is 4.74 Å². The summed E-state index contributed by atoms with van der Waals surface area (Å²) < 4.78 is 7.71. The van der Waals surface area contributed by atoms with Crippen molar-refractivity contribution in [2.24, 2.45) is 0 Å². The van der Waals surface area contributed by atoms with Crippen LogP contribution in [-0.4, -0.2) is 85.1 Å². The van der Waals surface area contributed by atoms with Crippen LogP contribution in [-0.2, 0) is 11.3 Å². The van der Waals surface area contributed by atoms with Gasteiger partial charge in [0.1, 0.15) is 5.75 Å². The predicted molar refractivity (Wildman–Crippen MR) is 134 cm³/mol. The van der Waals surface area contributed by atoms with Crippen molar-refractivity contribution < 1.29 is 9.53 Å². The molecule has 7 nitrogen and oxygen atoms in total. The lowest BCUT2D eigenvalue weighted by Crippen LogP contribution is -2.50. The molecule has 2 aromatic rings. The van der Waals surface area contributed by atoms with Gasteiger partial charge < -0.3 is 19.1 Å². The third-order valence-corrected chi connectivity index (χ3v) is 6.35. The first-order valence-corrected chi connectivity index (χ1v) is 12.2. The van der Waals surface area contributed by atoms with Crippen molar-refractivity contribution in [3.05, 3.63) is 40.2 Å². The number of nitrogens with zero attached hydrogens (tertiary/aromatic N) is 4. The number of ether oxygens (including phenoxy) is 1. The Bertz CT molecular complexity index is 991. The predicted octanol–water partition coefficient (Wildman–Crippen LogP) is 3.01. The number of fused-ring (bicyclic) bond motifs is 1. The average Bonchev–Trinajstić information content (AvgIpc) is 2.79. The molecule has 0 N–H and O–H groups in total. The second kappa shape index (κ2) is 11.7. The number of aryl methyl sites for hydroxylation is 1. The normalized spacial score (nSPS) is 15.1. The second-order valence-corrected chi connectivity index (χ2v) is 9.59. The molecule has 1 aliphatic heterocycles. The molecule has 0 radical (unpaired) electrons. The van der Waals surface area contributed by atoms with E-state index in [9.17, 15) is 9.59 Å². The number of hydrogen-bond acceptors (Lipinski definition) is 5. The zero-order chi connectivity index (χ0) is 24.0. The summed E-state index contributed by atoms with van der Waals surface area (Å²) in [4.78, 5) is 32.0. The van der Waals surface area contributed by atoms with E-state index in [0.717, 1.165) is 68.6 Å². The van der Waals surface area contributed by atoms with Gasteiger partial charge >= 0.3 is 0 Å². The number of carbonyl (C=O) groups excluding carboxylic acids is 1. The van der Waals surface area contributed by atoms with E-state index in [1.165, 1.54) is 0 Å². The maximum Gasteiger partial charge on any atom is 0.260 e. The molecule has 33 heavy (non-hydrogen) atoms. The molecule has 0 bridgehead atoms. The largest absolute Gasteiger partial charge is 0.484 e. The summed E-state index contributed by atoms with van der Waals surface area (Å²) in [5.74, 6) is 0.902. The van der Waals surface area contributed by atoms with Crippen LogP contribution in [0.1, 0.15) is 45.1 Å². The van der Waals surface area contributed by atoms with E-state index < -0.39 is 0 Å². The Labute approximate surface area is 197 Å². The fourth-order valence-corrected chi connectivity index (χ4v) is 4.48. The molecular weight excluding hydrogens is 416 g/mol. The average molecular weight is 457 g/mol. The van der Waals surface area contributed by atoms with E-state index in [1.54, 1.807) is 6.07 Å². The summed E-state index contributed by atoms with van der Waals surface area (Å²) in [6, 6.07) is 7.59. The van der Waals surface area contributed by atoms with Gasteiger partial charge in [0.25, 0.3) is 11.5 Å². The van der Waals surface area contributed by atoms with Crippen LogP contribution in [0.4, 0.5) is 0 Å². The number of hydrogen-bond donors (Lipinski definition) is 0. The Hall–Kier alpha value is -2.38. The lowest BCUT2D eigenvalue weighted by Gasteiger charge is -2.34. The van der Waals surface area contributed by atoms with Crippen molar-refractivity contribution in [2.45, 2.75) is 46.1 Å². The summed E-state index contributed by atoms with van der Waals surface area (Å²) in [6.45, 7) is 12.4. The van der Waals surface area contributed by atoms with E-state index in [-0.39, 0.29) is 24.0 Å². The molecule has 1 saturated heterocycles. The van der Waals surface area contributed by atoms with Gasteiger partial charge in [-0.2, -0.15) is 0 Å². The first-order chi connectivity index (χ1) is 15.8. The SMILES string of the molecule is CCCn1c(=O)cc(C(C)C)c2ccc(OCC(=O)N3CCN(CCCN(C)C)CC3)cc21. The maximum absolute atomic E-state index is 12.7. The highest BCUT2D eigenvalue weighted by Gasteiger charge is 2.21. The van der Waals surface area contributed by atoms with E-state index >= 15 is 0 Å². The number of piperazine rings is 1. The van der Waals surface area contributed by atoms with E-state index in [0.29, 0.717) is 12.3 Å². The molecule has 3 rings (SSSR count). The Morgan fingerprint density at radius 2 is 1.82 bits per heavy atom. The van der Waals surface area contributed by atoms with Gasteiger partial charge in [-0.3, -0.25) is 14.5 Å². The number of amides is 1. The Kier molecular flexibility index (Phi) is 8.92. The zero-order valence-electron chi connectivity index (χ0n) is 21.0. The Morgan fingerprint density at radius 1 is 1.09 bits per heavy atom. The molecule has 2 heterocycles. The summed E-state index contributed by atoms with van der Waals surface area (Å²) in [5, 5.41) is 1.07. The zero-order valence-corrected chi connectivity index (χ0v) is 21.0. The lowest BCUT2D eigenvalue weighted by molar-refractivity contribution is -0.135. The van der Waals surface area contributed by atoms with Gasteiger partial charge in [-0.1, -0.05) is 20.8 Å². The number of carbonyl (C=O) groups is 1. The highest BCUT2D eigenvalue weighted by Crippen LogP contribution is 2.27. The molecule has 182 valence electrons. The smallest absolute Gasteiger partial charge is 0.260 e. The fraction of sp³-hybridized carbons (Fsp3) is 0.615. The first kappa shape index (κ1) is 25.2. The minimum Gasteiger partial charge on any atom is -0.484 e. The van der Waals surface area contributed by atoms with Crippen molar-refractivity contribution in [1.82, 2.24) is 19.3 Å². The van der Waals surface area contributed by atoms with Crippen molar-refractivity contribution in [2.75, 3.05) is 60.0 Å². The molecule has 1 fully saturated rings. The fourth-order valence-electron chi connectivity index (χ4n) is 4.48. The van der Waals surface area contributed by atoms with Crippen molar-refractivity contribution in [1.29, 1.82) is 0 Å². The molecular formula is C26H40N4O3. The van der Waals surface area contributed by atoms with Crippen LogP contribution in [0.3, 0.4) is 0 Å². The van der Waals surface area contributed by atoms with Crippen LogP contribution >= 0.6 is 0 Å². The summed E-state index contributed by atoms with van der Waals surface area (Å²) in [7, 11) is 4.19. The topological polar surface area (TPSA) is 58.0 Å². The quantitative estimate of drug-likeness (QED) is 0.550. The van der Waals surface area contributed by atoms with Gasteiger partial charge in [0.05, 0.1) is 5.52 Å². The Balaban J connectivity index is 1.63. The van der Waals surface area contributed by atoms with Crippen molar-refractivity contribution in [3.63, 3.8) is 0 Å². The molecule has 0 saturated carbocycles. The Morgan fingerprint density at radius 3 is 2.45 bits per heavy atom. The van der Waals surface area contributed by atoms with Gasteiger partial charge in [-0.05, 0) is 63.6 Å². The molecule has 0 unspecified atom stereocenters. The monoisotopic (exact) mass is 456 g/mol. The van der Waals surface area contributed by atoms with Gasteiger partial charge in [-0.25, -0.2) is 0 Å². The molecule has 0 spiro atoms. The summed E-state index contributed by atoms with van der Waals surface area (Å²) in [6.07, 6.45) is 2.02. The summed E-state index contributed by atoms with van der Waals surface area (Å²) in [5.41, 5.74) is 1.95. The van der Waals surface area contributed by atoms with Crippen LogP contribution in [0, 0.1) is 0 Å². The minimum absolute atomic E-state index is 0.0183. The van der Waals surface area contributed by atoms with Crippen LogP contribution in [0.2, 0.25) is 0 Å². The minimum atomic E-state index is 0.0183. The summed E-state index contributed by atoms with van der Waals surface area (Å²) >= 11 is 0. The molecule has 0 aliphatic carbocycles. The molecule has 7 heteroatoms. The van der Waals surface area contributed by atoms with E-state index in [2.05, 4.69) is 44.7 Å². The third kappa shape index (κ3) is 6.58. The highest BCUT2D eigenvalue weighted by atomic mass is 16.5. The highest BCUT2D eigenvalue weighted by molar-refractivity contribution is 5.84. The molecule has 0 atom stereocenters. The molecule has 1 amide bonds. The molecule has 1 aromatic heterocycles. The lowest BCUT2D eigenvalue weighted by atomic mass is 9.98. The van der Waals surface area contributed by atoms with Crippen LogP contribution < -0.4 is 10.3 Å². The standard InChI is InChI=1S/C26H40N4O3/c1-6-10-30-24-17-21(8-9-22(24)23(20(2)3)18-25(30)31)33-19-26(32)29-15-13-28(14-16-29)12-7-11-27(4)5/h8-9,17-18,20H,6-7,10-16,19H2,1-5H3. The van der Waals surface area contributed by atoms with Crippen LogP contribution in [0.15, 0.2) is 29.1 Å². The van der Waals surface area contributed by atoms with Gasteiger partial charge in [0, 0.05) is 50.2 Å². The van der Waals surface area contributed by atoms with Gasteiger partial charge in [0.2, 0.25) is 0 Å². The number of pyridine rings is 1. The van der Waals surface area contributed by atoms with Crippen molar-refractivity contribution >= 4 is 16.8 Å². The number of aromatic nitrogens is 1.